The van der Waals surface area contributed by atoms with E-state index in [9.17, 15) is 4.79 Å². The van der Waals surface area contributed by atoms with Crippen molar-refractivity contribution in [1.29, 1.82) is 0 Å². The van der Waals surface area contributed by atoms with Crippen LogP contribution in [0.15, 0.2) is 47.0 Å². The minimum absolute atomic E-state index is 0. The molecule has 0 bridgehead atoms. The molecule has 0 spiro atoms. The molecule has 7 heteroatoms. The average Bonchev–Trinajstić information content (AvgIpc) is 3.17. The van der Waals surface area contributed by atoms with Gasteiger partial charge in [0, 0.05) is 13.0 Å². The third kappa shape index (κ3) is 4.16. The summed E-state index contributed by atoms with van der Waals surface area (Å²) in [6, 6.07) is 9.66. The highest BCUT2D eigenvalue weighted by atomic mass is 35.5. The van der Waals surface area contributed by atoms with Crippen LogP contribution >= 0.6 is 12.4 Å². The summed E-state index contributed by atoms with van der Waals surface area (Å²) in [5, 5.41) is 9.73. The molecule has 2 heterocycles. The Morgan fingerprint density at radius 2 is 2.18 bits per heavy atom. The van der Waals surface area contributed by atoms with Crippen molar-refractivity contribution in [3.63, 3.8) is 0 Å². The van der Waals surface area contributed by atoms with Crippen molar-refractivity contribution in [2.75, 3.05) is 6.54 Å². The highest BCUT2D eigenvalue weighted by Gasteiger charge is 2.17. The summed E-state index contributed by atoms with van der Waals surface area (Å²) >= 11 is 0. The fraction of sp³-hybridized carbons (Fsp3) is 0.267. The SMILES string of the molecule is Cl.O=C(NCc1nc(Cc2ccccc2)no1)C1C=CCN1. The Bertz CT molecular complexity index is 642. The van der Waals surface area contributed by atoms with Gasteiger partial charge in [-0.3, -0.25) is 10.1 Å². The second-order valence-corrected chi connectivity index (χ2v) is 4.80. The fourth-order valence-electron chi connectivity index (χ4n) is 2.13. The number of carbonyl (C=O) groups excluding carboxylic acids is 1. The summed E-state index contributed by atoms with van der Waals surface area (Å²) < 4.78 is 5.14. The standard InChI is InChI=1S/C15H16N4O2.ClH/c20-15(12-7-4-8-16-12)17-10-14-18-13(19-21-14)9-11-5-2-1-3-6-11;/h1-7,12,16H,8-10H2,(H,17,20);1H. The van der Waals surface area contributed by atoms with Crippen LogP contribution in [0.5, 0.6) is 0 Å². The van der Waals surface area contributed by atoms with E-state index in [1.54, 1.807) is 0 Å². The molecule has 0 fully saturated rings. The molecule has 1 aromatic heterocycles. The van der Waals surface area contributed by atoms with E-state index >= 15 is 0 Å². The van der Waals surface area contributed by atoms with Gasteiger partial charge in [-0.15, -0.1) is 12.4 Å². The largest absolute Gasteiger partial charge is 0.345 e. The van der Waals surface area contributed by atoms with Crippen molar-refractivity contribution in [2.24, 2.45) is 0 Å². The number of amides is 1. The number of nitrogens with zero attached hydrogens (tertiary/aromatic N) is 2. The van der Waals surface area contributed by atoms with Crippen LogP contribution in [0.1, 0.15) is 17.3 Å². The molecule has 3 rings (SSSR count). The molecule has 6 nitrogen and oxygen atoms in total. The topological polar surface area (TPSA) is 80.1 Å². The molecule has 1 unspecified atom stereocenters. The molecule has 0 radical (unpaired) electrons. The van der Waals surface area contributed by atoms with E-state index in [0.717, 1.165) is 12.1 Å². The molecular weight excluding hydrogens is 304 g/mol. The lowest BCUT2D eigenvalue weighted by atomic mass is 10.1. The Balaban J connectivity index is 0.00000176. The first-order valence-electron chi connectivity index (χ1n) is 6.84. The highest BCUT2D eigenvalue weighted by Crippen LogP contribution is 2.06. The number of hydrogen-bond acceptors (Lipinski definition) is 5. The van der Waals surface area contributed by atoms with Gasteiger partial charge in [-0.1, -0.05) is 47.6 Å². The highest BCUT2D eigenvalue weighted by molar-refractivity contribution is 5.85. The number of aromatic nitrogens is 2. The molecule has 2 N–H and O–H groups in total. The van der Waals surface area contributed by atoms with Crippen LogP contribution in [0.2, 0.25) is 0 Å². The Morgan fingerprint density at radius 1 is 1.36 bits per heavy atom. The normalized spacial score (nSPS) is 16.3. The van der Waals surface area contributed by atoms with Gasteiger partial charge in [0.15, 0.2) is 5.82 Å². The monoisotopic (exact) mass is 320 g/mol. The maximum Gasteiger partial charge on any atom is 0.246 e. The van der Waals surface area contributed by atoms with Gasteiger partial charge in [0.25, 0.3) is 0 Å². The van der Waals surface area contributed by atoms with Gasteiger partial charge in [-0.25, -0.2) is 0 Å². The Kier molecular flexibility index (Phi) is 5.68. The van der Waals surface area contributed by atoms with Crippen molar-refractivity contribution in [3.05, 3.63) is 59.8 Å². The van der Waals surface area contributed by atoms with E-state index in [2.05, 4.69) is 20.8 Å². The molecule has 0 saturated carbocycles. The van der Waals surface area contributed by atoms with Gasteiger partial charge < -0.3 is 9.84 Å². The van der Waals surface area contributed by atoms with Crippen molar-refractivity contribution >= 4 is 18.3 Å². The fourth-order valence-corrected chi connectivity index (χ4v) is 2.13. The number of benzene rings is 1. The summed E-state index contributed by atoms with van der Waals surface area (Å²) in [6.45, 7) is 0.965. The molecule has 22 heavy (non-hydrogen) atoms. The van der Waals surface area contributed by atoms with E-state index in [1.807, 2.05) is 42.5 Å². The summed E-state index contributed by atoms with van der Waals surface area (Å²) in [7, 11) is 0. The Labute approximate surface area is 134 Å². The van der Waals surface area contributed by atoms with Crippen LogP contribution in [-0.2, 0) is 17.8 Å². The maximum atomic E-state index is 11.8. The van der Waals surface area contributed by atoms with Gasteiger partial charge >= 0.3 is 0 Å². The van der Waals surface area contributed by atoms with Gasteiger partial charge in [-0.05, 0) is 5.56 Å². The number of rotatable bonds is 5. The zero-order valence-electron chi connectivity index (χ0n) is 11.9. The lowest BCUT2D eigenvalue weighted by molar-refractivity contribution is -0.122. The molecule has 1 aliphatic heterocycles. The molecule has 1 atom stereocenters. The first-order chi connectivity index (χ1) is 10.3. The molecule has 1 aliphatic rings. The van der Waals surface area contributed by atoms with Crippen molar-refractivity contribution in [1.82, 2.24) is 20.8 Å². The maximum absolute atomic E-state index is 11.8. The number of nitrogens with one attached hydrogen (secondary N) is 2. The molecule has 1 aromatic carbocycles. The number of halogens is 1. The van der Waals surface area contributed by atoms with Crippen LogP contribution < -0.4 is 10.6 Å². The van der Waals surface area contributed by atoms with Crippen molar-refractivity contribution in [2.45, 2.75) is 19.0 Å². The van der Waals surface area contributed by atoms with Gasteiger partial charge in [0.05, 0.1) is 6.54 Å². The smallest absolute Gasteiger partial charge is 0.246 e. The van der Waals surface area contributed by atoms with E-state index in [1.165, 1.54) is 0 Å². The number of hydrogen-bond donors (Lipinski definition) is 2. The first-order valence-corrected chi connectivity index (χ1v) is 6.84. The zero-order chi connectivity index (χ0) is 14.5. The lowest BCUT2D eigenvalue weighted by Crippen LogP contribution is -2.40. The zero-order valence-corrected chi connectivity index (χ0v) is 12.7. The minimum Gasteiger partial charge on any atom is -0.345 e. The van der Waals surface area contributed by atoms with E-state index in [0.29, 0.717) is 18.1 Å². The summed E-state index contributed by atoms with van der Waals surface area (Å²) in [6.07, 6.45) is 4.38. The quantitative estimate of drug-likeness (QED) is 0.810. The predicted molar refractivity (Wildman–Crippen MR) is 83.6 cm³/mol. The van der Waals surface area contributed by atoms with Crippen LogP contribution in [0.4, 0.5) is 0 Å². The number of carbonyl (C=O) groups is 1. The van der Waals surface area contributed by atoms with Crippen molar-refractivity contribution in [3.8, 4) is 0 Å². The second-order valence-electron chi connectivity index (χ2n) is 4.80. The molecular formula is C15H17ClN4O2. The third-order valence-electron chi connectivity index (χ3n) is 3.20. The molecule has 0 saturated heterocycles. The summed E-state index contributed by atoms with van der Waals surface area (Å²) in [5.74, 6) is 0.937. The molecule has 2 aromatic rings. The molecule has 116 valence electrons. The first kappa shape index (κ1) is 16.2. The second kappa shape index (κ2) is 7.72. The Hall–Kier alpha value is -2.18. The lowest BCUT2D eigenvalue weighted by Gasteiger charge is -2.07. The van der Waals surface area contributed by atoms with E-state index in [-0.39, 0.29) is 30.9 Å². The minimum atomic E-state index is -0.267. The average molecular weight is 321 g/mol. The summed E-state index contributed by atoms with van der Waals surface area (Å²) in [4.78, 5) is 16.1. The van der Waals surface area contributed by atoms with Crippen LogP contribution in [0, 0.1) is 0 Å². The summed E-state index contributed by atoms with van der Waals surface area (Å²) in [5.41, 5.74) is 1.12. The van der Waals surface area contributed by atoms with Crippen LogP contribution in [-0.4, -0.2) is 28.6 Å². The van der Waals surface area contributed by atoms with Crippen molar-refractivity contribution < 1.29 is 9.32 Å². The van der Waals surface area contributed by atoms with Crippen LogP contribution in [0.25, 0.3) is 0 Å². The Morgan fingerprint density at radius 3 is 2.91 bits per heavy atom. The molecule has 0 aliphatic carbocycles. The third-order valence-corrected chi connectivity index (χ3v) is 3.20. The van der Waals surface area contributed by atoms with E-state index < -0.39 is 0 Å². The van der Waals surface area contributed by atoms with Gasteiger partial charge in [0.1, 0.15) is 6.04 Å². The van der Waals surface area contributed by atoms with Gasteiger partial charge in [-0.2, -0.15) is 4.98 Å². The predicted octanol–water partition coefficient (Wildman–Crippen LogP) is 1.23. The van der Waals surface area contributed by atoms with Gasteiger partial charge in [0.2, 0.25) is 11.8 Å². The van der Waals surface area contributed by atoms with Crippen LogP contribution in [0.3, 0.4) is 0 Å². The molecule has 1 amide bonds. The van der Waals surface area contributed by atoms with E-state index in [4.69, 9.17) is 4.52 Å².